The van der Waals surface area contributed by atoms with Crippen molar-refractivity contribution in [1.82, 2.24) is 0 Å². The lowest BCUT2D eigenvalue weighted by atomic mass is 9.99. The Morgan fingerprint density at radius 2 is 0.897 bits per heavy atom. The lowest BCUT2D eigenvalue weighted by Gasteiger charge is -2.39. The van der Waals surface area contributed by atoms with Gasteiger partial charge in [-0.15, -0.1) is 0 Å². The zero-order chi connectivity index (χ0) is 49.2. The van der Waals surface area contributed by atoms with Gasteiger partial charge in [0.05, 0.1) is 19.8 Å². The Kier molecular flexibility index (Phi) is 45.6. The van der Waals surface area contributed by atoms with E-state index in [1.54, 1.807) is 0 Å². The van der Waals surface area contributed by atoms with Gasteiger partial charge < -0.3 is 39.4 Å². The highest BCUT2D eigenvalue weighted by Gasteiger charge is 2.44. The van der Waals surface area contributed by atoms with Gasteiger partial charge in [0.15, 0.2) is 6.29 Å². The SMILES string of the molecule is CC/C=C\C/C=C\C/C=C\C/C=C\C/C=C\C/C=C\C/C=C\CCCCCCOCC(COC1OC(CO)C(O)C(O)C1O)OC(=O)CCCCCCCCCCC/C=C\CCCCCCCC. The fraction of sp³-hybridized carbons (Fsp3) is 0.712. The van der Waals surface area contributed by atoms with E-state index in [9.17, 15) is 25.2 Å². The van der Waals surface area contributed by atoms with E-state index in [4.69, 9.17) is 18.9 Å². The van der Waals surface area contributed by atoms with Crippen LogP contribution < -0.4 is 0 Å². The third-order valence-corrected chi connectivity index (χ3v) is 12.0. The lowest BCUT2D eigenvalue weighted by molar-refractivity contribution is -0.305. The number of aliphatic hydroxyl groups is 4. The van der Waals surface area contributed by atoms with Gasteiger partial charge in [-0.1, -0.05) is 201 Å². The molecule has 1 aliphatic heterocycles. The van der Waals surface area contributed by atoms with Crippen molar-refractivity contribution in [2.75, 3.05) is 26.4 Å². The van der Waals surface area contributed by atoms with E-state index < -0.39 is 43.4 Å². The van der Waals surface area contributed by atoms with Gasteiger partial charge in [0.25, 0.3) is 0 Å². The number of hydrogen-bond donors (Lipinski definition) is 4. The highest BCUT2D eigenvalue weighted by Crippen LogP contribution is 2.23. The van der Waals surface area contributed by atoms with Crippen LogP contribution in [0.15, 0.2) is 97.2 Å². The van der Waals surface area contributed by atoms with Gasteiger partial charge in [-0.3, -0.25) is 4.79 Å². The Labute approximate surface area is 415 Å². The van der Waals surface area contributed by atoms with Crippen molar-refractivity contribution >= 4 is 5.97 Å². The van der Waals surface area contributed by atoms with Crippen molar-refractivity contribution in [3.05, 3.63) is 97.2 Å². The van der Waals surface area contributed by atoms with E-state index in [1.165, 1.54) is 89.9 Å². The van der Waals surface area contributed by atoms with Crippen molar-refractivity contribution in [3.63, 3.8) is 0 Å². The van der Waals surface area contributed by atoms with Crippen LogP contribution in [0.3, 0.4) is 0 Å². The van der Waals surface area contributed by atoms with Gasteiger partial charge in [0.2, 0.25) is 0 Å². The van der Waals surface area contributed by atoms with Crippen LogP contribution in [0.1, 0.15) is 206 Å². The number of ether oxygens (including phenoxy) is 4. The van der Waals surface area contributed by atoms with Gasteiger partial charge in [-0.2, -0.15) is 0 Å². The van der Waals surface area contributed by atoms with Gasteiger partial charge in [-0.25, -0.2) is 0 Å². The normalized spacial score (nSPS) is 19.9. The zero-order valence-electron chi connectivity index (χ0n) is 43.1. The minimum atomic E-state index is -1.55. The molecule has 9 heteroatoms. The number of carbonyl (C=O) groups is 1. The fourth-order valence-corrected chi connectivity index (χ4v) is 7.76. The summed E-state index contributed by atoms with van der Waals surface area (Å²) in [4.78, 5) is 12.9. The van der Waals surface area contributed by atoms with Crippen LogP contribution in [0.25, 0.3) is 0 Å². The van der Waals surface area contributed by atoms with Crippen LogP contribution in [-0.4, -0.2) is 89.6 Å². The van der Waals surface area contributed by atoms with E-state index in [2.05, 4.69) is 111 Å². The first kappa shape index (κ1) is 63.1. The molecule has 0 bridgehead atoms. The summed E-state index contributed by atoms with van der Waals surface area (Å²) in [6, 6.07) is 0. The summed E-state index contributed by atoms with van der Waals surface area (Å²) in [6.07, 6.45) is 61.6. The molecule has 0 saturated carbocycles. The monoisotopic (exact) mass is 953 g/mol. The molecule has 6 unspecified atom stereocenters. The third-order valence-electron chi connectivity index (χ3n) is 12.0. The van der Waals surface area contributed by atoms with Crippen molar-refractivity contribution < 1.29 is 44.2 Å². The van der Waals surface area contributed by atoms with Crippen molar-refractivity contribution in [2.45, 2.75) is 243 Å². The smallest absolute Gasteiger partial charge is 0.306 e. The lowest BCUT2D eigenvalue weighted by Crippen LogP contribution is -2.59. The predicted octanol–water partition coefficient (Wildman–Crippen LogP) is 13.9. The topological polar surface area (TPSA) is 135 Å². The van der Waals surface area contributed by atoms with E-state index in [0.29, 0.717) is 13.0 Å². The highest BCUT2D eigenvalue weighted by molar-refractivity contribution is 5.69. The summed E-state index contributed by atoms with van der Waals surface area (Å²) in [5.74, 6) is -0.328. The molecule has 4 N–H and O–H groups in total. The number of allylic oxidation sites excluding steroid dienone is 16. The molecular formula is C59H100O9. The first-order valence-electron chi connectivity index (χ1n) is 27.3. The zero-order valence-corrected chi connectivity index (χ0v) is 43.1. The maximum Gasteiger partial charge on any atom is 0.306 e. The van der Waals surface area contributed by atoms with Crippen molar-refractivity contribution in [1.29, 1.82) is 0 Å². The second kappa shape index (κ2) is 49.1. The number of rotatable bonds is 46. The van der Waals surface area contributed by atoms with Crippen molar-refractivity contribution in [3.8, 4) is 0 Å². The fourth-order valence-electron chi connectivity index (χ4n) is 7.76. The van der Waals surface area contributed by atoms with E-state index in [1.807, 2.05) is 0 Å². The van der Waals surface area contributed by atoms with E-state index in [0.717, 1.165) is 96.3 Å². The Morgan fingerprint density at radius 3 is 1.37 bits per heavy atom. The summed E-state index contributed by atoms with van der Waals surface area (Å²) in [5.41, 5.74) is 0. The summed E-state index contributed by atoms with van der Waals surface area (Å²) in [7, 11) is 0. The van der Waals surface area contributed by atoms with Gasteiger partial charge in [0.1, 0.15) is 30.5 Å². The average molecular weight is 953 g/mol. The summed E-state index contributed by atoms with van der Waals surface area (Å²) >= 11 is 0. The Hall–Kier alpha value is -2.89. The molecular weight excluding hydrogens is 853 g/mol. The molecule has 9 nitrogen and oxygen atoms in total. The largest absolute Gasteiger partial charge is 0.457 e. The van der Waals surface area contributed by atoms with Gasteiger partial charge in [0, 0.05) is 13.0 Å². The van der Waals surface area contributed by atoms with Crippen LogP contribution in [0.4, 0.5) is 0 Å². The second-order valence-electron chi connectivity index (χ2n) is 18.3. The number of carbonyl (C=O) groups excluding carboxylic acids is 1. The molecule has 0 aromatic heterocycles. The van der Waals surface area contributed by atoms with Crippen LogP contribution in [-0.2, 0) is 23.7 Å². The van der Waals surface area contributed by atoms with Crippen LogP contribution in [0.5, 0.6) is 0 Å². The minimum Gasteiger partial charge on any atom is -0.457 e. The number of hydrogen-bond acceptors (Lipinski definition) is 9. The molecule has 68 heavy (non-hydrogen) atoms. The molecule has 1 heterocycles. The quantitative estimate of drug-likeness (QED) is 0.0267. The Morgan fingerprint density at radius 1 is 0.485 bits per heavy atom. The first-order valence-corrected chi connectivity index (χ1v) is 27.3. The van der Waals surface area contributed by atoms with Crippen LogP contribution >= 0.6 is 0 Å². The summed E-state index contributed by atoms with van der Waals surface area (Å²) in [5, 5.41) is 40.3. The number of esters is 1. The molecule has 0 aliphatic carbocycles. The first-order chi connectivity index (χ1) is 33.4. The van der Waals surface area contributed by atoms with Crippen LogP contribution in [0.2, 0.25) is 0 Å². The van der Waals surface area contributed by atoms with Gasteiger partial charge >= 0.3 is 5.97 Å². The maximum atomic E-state index is 12.9. The molecule has 1 rings (SSSR count). The molecule has 390 valence electrons. The number of aliphatic hydroxyl groups excluding tert-OH is 4. The highest BCUT2D eigenvalue weighted by atomic mass is 16.7. The summed E-state index contributed by atoms with van der Waals surface area (Å²) < 4.78 is 22.9. The van der Waals surface area contributed by atoms with Crippen molar-refractivity contribution in [2.24, 2.45) is 0 Å². The molecule has 0 radical (unpaired) electrons. The average Bonchev–Trinajstić information content (AvgIpc) is 3.34. The minimum absolute atomic E-state index is 0.121. The summed E-state index contributed by atoms with van der Waals surface area (Å²) in [6.45, 7) is 4.38. The molecule has 0 aromatic rings. The number of unbranched alkanes of at least 4 members (excludes halogenated alkanes) is 19. The second-order valence-corrected chi connectivity index (χ2v) is 18.3. The van der Waals surface area contributed by atoms with E-state index >= 15 is 0 Å². The molecule has 0 aromatic carbocycles. The Bertz CT molecular complexity index is 1360. The standard InChI is InChI=1S/C59H100O9/c1-3-5-7-9-11-13-15-17-19-21-23-24-25-26-27-28-29-31-33-35-37-39-41-43-45-47-49-65-51-53(52-66-59-58(64)57(63)56(62)54(50-60)68-59)67-55(61)48-46-44-42-40-38-36-34-32-30-22-20-18-16-14-12-10-8-6-4-2/h5,7,11,13,17-20,23-24,26-27,29,31,35,37,53-54,56-60,62-64H,3-4,6,8-10,12,14-16,21-22,25,28,30,32-34,36,38-52H2,1-2H3/b7-5-,13-11-,19-17-,20-18-,24-23-,27-26-,31-29-,37-35-. The van der Waals surface area contributed by atoms with Crippen LogP contribution in [0, 0.1) is 0 Å². The predicted molar refractivity (Wildman–Crippen MR) is 283 cm³/mol. The third kappa shape index (κ3) is 38.9. The molecule has 1 saturated heterocycles. The maximum absolute atomic E-state index is 12.9. The molecule has 1 fully saturated rings. The Balaban J connectivity index is 2.23. The molecule has 6 atom stereocenters. The van der Waals surface area contributed by atoms with Gasteiger partial charge in [-0.05, 0) is 96.3 Å². The van der Waals surface area contributed by atoms with E-state index in [-0.39, 0.29) is 19.2 Å². The molecule has 1 aliphatic rings. The molecule has 0 spiro atoms. The molecule has 0 amide bonds.